The van der Waals surface area contributed by atoms with E-state index in [4.69, 9.17) is 5.73 Å². The Labute approximate surface area is 115 Å². The van der Waals surface area contributed by atoms with Crippen LogP contribution in [0.2, 0.25) is 0 Å². The Morgan fingerprint density at radius 2 is 2.20 bits per heavy atom. The number of aliphatic imine (C=N–C) groups is 1. The number of hydrogen-bond acceptors (Lipinski definition) is 5. The lowest BCUT2D eigenvalue weighted by Crippen LogP contribution is -2.40. The van der Waals surface area contributed by atoms with Gasteiger partial charge in [0, 0.05) is 11.3 Å². The molecular formula is C12H14FN3O3S. The zero-order valence-corrected chi connectivity index (χ0v) is 11.5. The fourth-order valence-electron chi connectivity index (χ4n) is 1.99. The van der Waals surface area contributed by atoms with Crippen molar-refractivity contribution >= 4 is 27.8 Å². The highest BCUT2D eigenvalue weighted by atomic mass is 32.2. The first-order chi connectivity index (χ1) is 9.35. The Kier molecular flexibility index (Phi) is 3.76. The van der Waals surface area contributed by atoms with E-state index < -0.39 is 26.9 Å². The van der Waals surface area contributed by atoms with Gasteiger partial charge in [0.05, 0.1) is 11.8 Å². The summed E-state index contributed by atoms with van der Waals surface area (Å²) in [6.07, 6.45) is 0.453. The minimum atomic E-state index is -3.46. The molecule has 0 fully saturated rings. The normalized spacial score (nSPS) is 24.8. The van der Waals surface area contributed by atoms with Gasteiger partial charge < -0.3 is 11.1 Å². The monoisotopic (exact) mass is 299 g/mol. The lowest BCUT2D eigenvalue weighted by molar-refractivity contribution is -0.105. The molecule has 0 saturated carbocycles. The highest BCUT2D eigenvalue weighted by molar-refractivity contribution is 7.92. The Hall–Kier alpha value is -1.96. The molecule has 0 aliphatic carbocycles. The Bertz CT molecular complexity index is 673. The summed E-state index contributed by atoms with van der Waals surface area (Å²) in [6, 6.07) is 2.98. The summed E-state index contributed by atoms with van der Waals surface area (Å²) in [5, 5.41) is 1.52. The van der Waals surface area contributed by atoms with Gasteiger partial charge in [0.1, 0.15) is 16.9 Å². The van der Waals surface area contributed by atoms with E-state index in [9.17, 15) is 17.6 Å². The molecule has 20 heavy (non-hydrogen) atoms. The minimum absolute atomic E-state index is 0.0330. The first-order valence-corrected chi connectivity index (χ1v) is 7.61. The van der Waals surface area contributed by atoms with Crippen LogP contribution in [0.15, 0.2) is 23.2 Å². The summed E-state index contributed by atoms with van der Waals surface area (Å²) in [6.45, 7) is 1.45. The summed E-state index contributed by atoms with van der Waals surface area (Å²) in [4.78, 5) is 14.4. The Morgan fingerprint density at radius 3 is 2.80 bits per heavy atom. The number of anilines is 1. The van der Waals surface area contributed by atoms with Crippen molar-refractivity contribution in [3.05, 3.63) is 29.6 Å². The van der Waals surface area contributed by atoms with Crippen LogP contribution < -0.4 is 11.1 Å². The third-order valence-electron chi connectivity index (χ3n) is 3.23. The van der Waals surface area contributed by atoms with E-state index in [1.165, 1.54) is 19.1 Å². The number of sulfone groups is 1. The minimum Gasteiger partial charge on any atom is -0.386 e. The van der Waals surface area contributed by atoms with Gasteiger partial charge in [0.2, 0.25) is 6.41 Å². The molecule has 2 atom stereocenters. The third kappa shape index (κ3) is 2.64. The second-order valence-corrected chi connectivity index (χ2v) is 6.91. The standard InChI is InChI=1S/C12H14FN3O3S/c1-7-12(14)16-11(5-20(7,18)19)9-4-8(15-6-17)2-3-10(9)13/h2-4,6-7,11H,5H2,1H3,(H2,14,16)(H,15,17). The van der Waals surface area contributed by atoms with Gasteiger partial charge in [0.25, 0.3) is 0 Å². The highest BCUT2D eigenvalue weighted by Crippen LogP contribution is 2.29. The maximum absolute atomic E-state index is 13.8. The van der Waals surface area contributed by atoms with E-state index >= 15 is 0 Å². The van der Waals surface area contributed by atoms with Gasteiger partial charge in [-0.1, -0.05) is 0 Å². The number of hydrogen-bond donors (Lipinski definition) is 2. The van der Waals surface area contributed by atoms with Gasteiger partial charge in [0.15, 0.2) is 9.84 Å². The average molecular weight is 299 g/mol. The molecule has 0 bridgehead atoms. The number of carbonyl (C=O) groups is 1. The lowest BCUT2D eigenvalue weighted by Gasteiger charge is -2.24. The maximum Gasteiger partial charge on any atom is 0.211 e. The molecule has 0 radical (unpaired) electrons. The van der Waals surface area contributed by atoms with E-state index in [1.807, 2.05) is 0 Å². The topological polar surface area (TPSA) is 102 Å². The number of benzene rings is 1. The summed E-state index contributed by atoms with van der Waals surface area (Å²) in [7, 11) is -3.46. The highest BCUT2D eigenvalue weighted by Gasteiger charge is 2.34. The molecule has 0 aromatic heterocycles. The fraction of sp³-hybridized carbons (Fsp3) is 0.333. The van der Waals surface area contributed by atoms with Crippen LogP contribution in [-0.4, -0.2) is 31.7 Å². The zero-order valence-electron chi connectivity index (χ0n) is 10.7. The fourth-order valence-corrected chi connectivity index (χ4v) is 3.40. The molecule has 0 saturated heterocycles. The molecule has 2 unspecified atom stereocenters. The van der Waals surface area contributed by atoms with Gasteiger partial charge >= 0.3 is 0 Å². The second kappa shape index (κ2) is 5.20. The van der Waals surface area contributed by atoms with E-state index in [0.717, 1.165) is 6.07 Å². The van der Waals surface area contributed by atoms with Crippen molar-refractivity contribution < 1.29 is 17.6 Å². The van der Waals surface area contributed by atoms with Gasteiger partial charge in [-0.2, -0.15) is 0 Å². The molecular weight excluding hydrogens is 285 g/mol. The zero-order chi connectivity index (χ0) is 14.9. The van der Waals surface area contributed by atoms with Crippen LogP contribution in [0.3, 0.4) is 0 Å². The number of amidine groups is 1. The number of nitrogens with one attached hydrogen (secondary N) is 1. The SMILES string of the molecule is CC1C(N)=NC(c2cc(NC=O)ccc2F)CS1(=O)=O. The van der Waals surface area contributed by atoms with E-state index in [2.05, 4.69) is 10.3 Å². The van der Waals surface area contributed by atoms with Crippen LogP contribution >= 0.6 is 0 Å². The van der Waals surface area contributed by atoms with Crippen molar-refractivity contribution in [3.63, 3.8) is 0 Å². The molecule has 108 valence electrons. The lowest BCUT2D eigenvalue weighted by atomic mass is 10.1. The van der Waals surface area contributed by atoms with Gasteiger partial charge in [-0.25, -0.2) is 12.8 Å². The van der Waals surface area contributed by atoms with E-state index in [0.29, 0.717) is 12.1 Å². The molecule has 8 heteroatoms. The molecule has 1 heterocycles. The van der Waals surface area contributed by atoms with Crippen LogP contribution in [0.4, 0.5) is 10.1 Å². The molecule has 0 spiro atoms. The van der Waals surface area contributed by atoms with Crippen molar-refractivity contribution in [1.29, 1.82) is 0 Å². The van der Waals surface area contributed by atoms with Crippen LogP contribution in [0.1, 0.15) is 18.5 Å². The van der Waals surface area contributed by atoms with Gasteiger partial charge in [-0.15, -0.1) is 0 Å². The Morgan fingerprint density at radius 1 is 1.50 bits per heavy atom. The molecule has 1 aromatic rings. The second-order valence-electron chi connectivity index (χ2n) is 4.54. The number of halogens is 1. The van der Waals surface area contributed by atoms with Crippen LogP contribution in [0.5, 0.6) is 0 Å². The largest absolute Gasteiger partial charge is 0.386 e. The first-order valence-electron chi connectivity index (χ1n) is 5.89. The number of amides is 1. The quantitative estimate of drug-likeness (QED) is 0.798. The first kappa shape index (κ1) is 14.4. The summed E-state index contributed by atoms with van der Waals surface area (Å²) >= 11 is 0. The molecule has 1 aromatic carbocycles. The number of nitrogens with two attached hydrogens (primary N) is 1. The van der Waals surface area contributed by atoms with Crippen molar-refractivity contribution in [2.24, 2.45) is 10.7 Å². The van der Waals surface area contributed by atoms with Crippen molar-refractivity contribution in [3.8, 4) is 0 Å². The molecule has 1 aliphatic heterocycles. The third-order valence-corrected chi connectivity index (χ3v) is 5.33. The number of nitrogens with zero attached hydrogens (tertiary/aromatic N) is 1. The summed E-state index contributed by atoms with van der Waals surface area (Å²) in [5.74, 6) is -0.932. The van der Waals surface area contributed by atoms with Crippen LogP contribution in [-0.2, 0) is 14.6 Å². The average Bonchev–Trinajstić information content (AvgIpc) is 2.38. The van der Waals surface area contributed by atoms with Gasteiger partial charge in [-0.05, 0) is 25.1 Å². The smallest absolute Gasteiger partial charge is 0.211 e. The van der Waals surface area contributed by atoms with Crippen LogP contribution in [0.25, 0.3) is 0 Å². The van der Waals surface area contributed by atoms with Crippen molar-refractivity contribution in [2.75, 3.05) is 11.1 Å². The Balaban J connectivity index is 2.46. The molecule has 1 amide bonds. The summed E-state index contributed by atoms with van der Waals surface area (Å²) in [5.41, 5.74) is 6.06. The molecule has 6 nitrogen and oxygen atoms in total. The van der Waals surface area contributed by atoms with E-state index in [1.54, 1.807) is 0 Å². The maximum atomic E-state index is 13.8. The van der Waals surface area contributed by atoms with E-state index in [-0.39, 0.29) is 17.2 Å². The van der Waals surface area contributed by atoms with Crippen molar-refractivity contribution in [2.45, 2.75) is 18.2 Å². The molecule has 1 aliphatic rings. The number of carbonyl (C=O) groups excluding carboxylic acids is 1. The predicted molar refractivity (Wildman–Crippen MR) is 73.7 cm³/mol. The van der Waals surface area contributed by atoms with Crippen LogP contribution in [0, 0.1) is 5.82 Å². The van der Waals surface area contributed by atoms with Crippen molar-refractivity contribution in [1.82, 2.24) is 0 Å². The molecule has 2 rings (SSSR count). The predicted octanol–water partition coefficient (Wildman–Crippen LogP) is 0.609. The number of rotatable bonds is 3. The molecule has 3 N–H and O–H groups in total. The van der Waals surface area contributed by atoms with Gasteiger partial charge in [-0.3, -0.25) is 9.79 Å². The summed E-state index contributed by atoms with van der Waals surface area (Å²) < 4.78 is 37.7.